The van der Waals surface area contributed by atoms with Gasteiger partial charge in [0.2, 0.25) is 0 Å². The molecule has 0 aliphatic carbocycles. The molecule has 0 fully saturated rings. The topological polar surface area (TPSA) is 60.2 Å². The third kappa shape index (κ3) is 19.0. The predicted molar refractivity (Wildman–Crippen MR) is 45.7 cm³/mol. The summed E-state index contributed by atoms with van der Waals surface area (Å²) in [6.07, 6.45) is 0. The zero-order valence-electron chi connectivity index (χ0n) is 7.61. The first kappa shape index (κ1) is 19.1. The number of nitrogens with two attached hydrogens (primary N) is 1. The van der Waals surface area contributed by atoms with E-state index in [2.05, 4.69) is 24.2 Å². The number of hydrogen-bond acceptors (Lipinski definition) is 2. The Morgan fingerprint density at radius 2 is 1.46 bits per heavy atom. The van der Waals surface area contributed by atoms with Crippen molar-refractivity contribution in [1.82, 2.24) is 0 Å². The quantitative estimate of drug-likeness (QED) is 0.346. The molecule has 0 aromatic heterocycles. The normalized spacial score (nSPS) is 7.31. The van der Waals surface area contributed by atoms with Gasteiger partial charge in [-0.3, -0.25) is 0 Å². The van der Waals surface area contributed by atoms with Crippen molar-refractivity contribution in [3.05, 3.63) is 35.9 Å². The summed E-state index contributed by atoms with van der Waals surface area (Å²) in [6.45, 7) is 2.08. The summed E-state index contributed by atoms with van der Waals surface area (Å²) >= 11 is 0. The van der Waals surface area contributed by atoms with E-state index in [4.69, 9.17) is 8.42 Å². The zero-order valence-corrected chi connectivity index (χ0v) is 11.3. The maximum Gasteiger partial charge on any atom is 1.00 e. The minimum absolute atomic E-state index is 0. The van der Waals surface area contributed by atoms with E-state index < -0.39 is 10.9 Å². The van der Waals surface area contributed by atoms with E-state index in [9.17, 15) is 0 Å². The number of aryl methyl sites for hydroxylation is 1. The molecule has 1 aromatic rings. The van der Waals surface area contributed by atoms with Crippen LogP contribution < -0.4 is 47.1 Å². The second-order valence-corrected chi connectivity index (χ2v) is 2.51. The van der Waals surface area contributed by atoms with Gasteiger partial charge in [-0.2, -0.15) is 0 Å². The van der Waals surface area contributed by atoms with Crippen LogP contribution in [0.25, 0.3) is 0 Å². The number of hydrogen-bond donors (Lipinski definition) is 2. The Bertz CT molecular complexity index is 258. The molecule has 6 heteroatoms. The molecule has 0 aliphatic rings. The molecule has 0 aliphatic heterocycles. The Balaban J connectivity index is -0.000000150. The molecule has 0 bridgehead atoms. The van der Waals surface area contributed by atoms with Crippen molar-refractivity contribution in [2.45, 2.75) is 6.92 Å². The molecule has 1 rings (SSSR count). The maximum atomic E-state index is 8.81. The van der Waals surface area contributed by atoms with Gasteiger partial charge in [-0.05, 0) is 6.92 Å². The van der Waals surface area contributed by atoms with Gasteiger partial charge in [0.25, 0.3) is 0 Å². The second kappa shape index (κ2) is 12.4. The van der Waals surface area contributed by atoms with Crippen molar-refractivity contribution in [2.24, 2.45) is 5.14 Å². The first-order valence-electron chi connectivity index (χ1n) is 3.03. The molecule has 0 heterocycles. The van der Waals surface area contributed by atoms with Crippen LogP contribution in [0.3, 0.4) is 0 Å². The Hall–Kier alpha value is 0.420. The van der Waals surface area contributed by atoms with Gasteiger partial charge < -0.3 is 12.4 Å². The van der Waals surface area contributed by atoms with Crippen LogP contribution in [0.5, 0.6) is 0 Å². The molecule has 70 valence electrons. The van der Waals surface area contributed by atoms with Crippen LogP contribution in [0.2, 0.25) is 0 Å². The molecular formula is C7H11ClNNaO2S. The zero-order chi connectivity index (χ0) is 8.69. The monoisotopic (exact) mass is 231 g/mol. The van der Waals surface area contributed by atoms with E-state index in [-0.39, 0.29) is 42.0 Å². The van der Waals surface area contributed by atoms with Crippen molar-refractivity contribution in [2.75, 3.05) is 0 Å². The third-order valence-corrected chi connectivity index (χ3v) is 0.940. The summed E-state index contributed by atoms with van der Waals surface area (Å²) < 4.78 is 17.6. The Kier molecular flexibility index (Phi) is 18.2. The van der Waals surface area contributed by atoms with Crippen LogP contribution in [-0.2, 0) is 10.9 Å². The Morgan fingerprint density at radius 1 is 1.15 bits per heavy atom. The molecule has 0 saturated carbocycles. The van der Waals surface area contributed by atoms with Crippen molar-refractivity contribution in [3.63, 3.8) is 0 Å². The van der Waals surface area contributed by atoms with Crippen LogP contribution in [-0.4, -0.2) is 8.42 Å². The summed E-state index contributed by atoms with van der Waals surface area (Å²) in [6, 6.07) is 10.3. The van der Waals surface area contributed by atoms with Crippen LogP contribution >= 0.6 is 0 Å². The number of benzene rings is 1. The van der Waals surface area contributed by atoms with Gasteiger partial charge in [0.05, 0.1) is 0 Å². The molecule has 0 spiro atoms. The number of thiol groups is 1. The van der Waals surface area contributed by atoms with E-state index in [1.165, 1.54) is 5.56 Å². The largest absolute Gasteiger partial charge is 1.00 e. The van der Waals surface area contributed by atoms with Gasteiger partial charge >= 0.3 is 29.6 Å². The van der Waals surface area contributed by atoms with Crippen LogP contribution in [0, 0.1) is 6.92 Å². The van der Waals surface area contributed by atoms with Crippen LogP contribution in [0.15, 0.2) is 30.3 Å². The molecule has 0 amide bonds. The SMILES string of the molecule is Cc1ccccc1.N[SH](=O)=O.[Cl-].[Na+]. The van der Waals surface area contributed by atoms with Gasteiger partial charge in [-0.15, -0.1) is 0 Å². The molecule has 0 unspecified atom stereocenters. The molecule has 1 aromatic carbocycles. The third-order valence-electron chi connectivity index (χ3n) is 0.940. The van der Waals surface area contributed by atoms with E-state index in [1.54, 1.807) is 0 Å². The number of halogens is 1. The fraction of sp³-hybridized carbons (Fsp3) is 0.143. The summed E-state index contributed by atoms with van der Waals surface area (Å²) in [7, 11) is -2.62. The van der Waals surface area contributed by atoms with Crippen molar-refractivity contribution in [1.29, 1.82) is 0 Å². The predicted octanol–water partition coefficient (Wildman–Crippen LogP) is -5.53. The average Bonchev–Trinajstić information content (AvgIpc) is 1.87. The molecular weight excluding hydrogens is 221 g/mol. The molecule has 2 N–H and O–H groups in total. The molecule has 0 atom stereocenters. The molecule has 0 radical (unpaired) electrons. The van der Waals surface area contributed by atoms with Crippen molar-refractivity contribution in [3.8, 4) is 0 Å². The van der Waals surface area contributed by atoms with Gasteiger partial charge in [-0.1, -0.05) is 35.9 Å². The molecule has 13 heavy (non-hydrogen) atoms. The fourth-order valence-electron chi connectivity index (χ4n) is 0.534. The minimum Gasteiger partial charge on any atom is -1.00 e. The van der Waals surface area contributed by atoms with E-state index in [0.717, 1.165) is 0 Å². The van der Waals surface area contributed by atoms with Crippen LogP contribution in [0.1, 0.15) is 5.56 Å². The average molecular weight is 232 g/mol. The van der Waals surface area contributed by atoms with Crippen LogP contribution in [0.4, 0.5) is 0 Å². The fourth-order valence-corrected chi connectivity index (χ4v) is 0.534. The standard InChI is InChI=1S/C7H8.ClH.H3NO2S.Na/c1-7-5-3-2-4-6-7;;1-4(2)3;/h2-6H,1H3;1H;4H,(H2,1,2,3);/q;;;+1/p-1. The first-order valence-corrected chi connectivity index (χ1v) is 4.28. The maximum absolute atomic E-state index is 8.81. The minimum atomic E-state index is -2.62. The van der Waals surface area contributed by atoms with Gasteiger partial charge in [0.1, 0.15) is 0 Å². The van der Waals surface area contributed by atoms with E-state index in [1.807, 2.05) is 18.2 Å². The summed E-state index contributed by atoms with van der Waals surface area (Å²) in [5, 5.41) is 4.06. The Morgan fingerprint density at radius 3 is 1.62 bits per heavy atom. The van der Waals surface area contributed by atoms with Crippen molar-refractivity contribution >= 4 is 10.9 Å². The summed E-state index contributed by atoms with van der Waals surface area (Å²) in [4.78, 5) is 0. The number of rotatable bonds is 0. The van der Waals surface area contributed by atoms with E-state index in [0.29, 0.717) is 0 Å². The molecule has 3 nitrogen and oxygen atoms in total. The van der Waals surface area contributed by atoms with Gasteiger partial charge in [0, 0.05) is 0 Å². The second-order valence-electron chi connectivity index (χ2n) is 1.94. The van der Waals surface area contributed by atoms with Gasteiger partial charge in [-0.25, -0.2) is 13.6 Å². The van der Waals surface area contributed by atoms with Crippen molar-refractivity contribution < 1.29 is 50.4 Å². The van der Waals surface area contributed by atoms with Gasteiger partial charge in [0.15, 0.2) is 10.9 Å². The molecule has 0 saturated heterocycles. The van der Waals surface area contributed by atoms with E-state index >= 15 is 0 Å². The Labute approximate surface area is 109 Å². The summed E-state index contributed by atoms with van der Waals surface area (Å²) in [5.41, 5.74) is 1.32. The summed E-state index contributed by atoms with van der Waals surface area (Å²) in [5.74, 6) is 0. The smallest absolute Gasteiger partial charge is 1.00 e. The first-order chi connectivity index (χ1) is 5.13.